The first-order chi connectivity index (χ1) is 11.6. The highest BCUT2D eigenvalue weighted by molar-refractivity contribution is 5.82. The molecule has 4 rings (SSSR count). The SMILES string of the molecule is CC1CC1C(=O)N1CCC(c2nc(-c3ccncc3)cc(=O)[nH]2)C1. The van der Waals surface area contributed by atoms with E-state index in [0.717, 1.165) is 24.9 Å². The molecule has 3 heterocycles. The topological polar surface area (TPSA) is 79.0 Å². The summed E-state index contributed by atoms with van der Waals surface area (Å²) in [6.07, 6.45) is 5.22. The third-order valence-electron chi connectivity index (χ3n) is 5.05. The van der Waals surface area contributed by atoms with E-state index in [9.17, 15) is 9.59 Å². The monoisotopic (exact) mass is 324 g/mol. The number of hydrogen-bond donors (Lipinski definition) is 1. The van der Waals surface area contributed by atoms with Crippen molar-refractivity contribution < 1.29 is 4.79 Å². The number of likely N-dealkylation sites (tertiary alicyclic amines) is 1. The molecule has 124 valence electrons. The highest BCUT2D eigenvalue weighted by Crippen LogP contribution is 2.40. The van der Waals surface area contributed by atoms with Gasteiger partial charge in [-0.05, 0) is 30.9 Å². The second kappa shape index (κ2) is 5.85. The molecule has 3 unspecified atom stereocenters. The first kappa shape index (κ1) is 15.1. The molecular weight excluding hydrogens is 304 g/mol. The van der Waals surface area contributed by atoms with Crippen molar-refractivity contribution in [2.45, 2.75) is 25.7 Å². The van der Waals surface area contributed by atoms with Crippen LogP contribution < -0.4 is 5.56 Å². The van der Waals surface area contributed by atoms with Crippen LogP contribution in [-0.2, 0) is 4.79 Å². The van der Waals surface area contributed by atoms with E-state index in [1.165, 1.54) is 6.07 Å². The molecule has 1 aliphatic heterocycles. The summed E-state index contributed by atoms with van der Waals surface area (Å²) in [6, 6.07) is 5.18. The molecule has 0 spiro atoms. The average Bonchev–Trinajstić information content (AvgIpc) is 3.12. The second-order valence-corrected chi connectivity index (χ2v) is 6.84. The fourth-order valence-corrected chi connectivity index (χ4v) is 3.42. The summed E-state index contributed by atoms with van der Waals surface area (Å²) in [5, 5.41) is 0. The smallest absolute Gasteiger partial charge is 0.251 e. The molecule has 1 aliphatic carbocycles. The minimum absolute atomic E-state index is 0.0949. The molecule has 6 nitrogen and oxygen atoms in total. The largest absolute Gasteiger partial charge is 0.342 e. The molecule has 0 bridgehead atoms. The zero-order chi connectivity index (χ0) is 16.7. The zero-order valence-corrected chi connectivity index (χ0v) is 13.6. The van der Waals surface area contributed by atoms with Gasteiger partial charge in [0.15, 0.2) is 0 Å². The van der Waals surface area contributed by atoms with Gasteiger partial charge in [0.2, 0.25) is 5.91 Å². The first-order valence-corrected chi connectivity index (χ1v) is 8.42. The molecule has 1 amide bonds. The molecule has 1 saturated heterocycles. The molecule has 1 saturated carbocycles. The third kappa shape index (κ3) is 2.84. The van der Waals surface area contributed by atoms with Crippen molar-refractivity contribution in [3.63, 3.8) is 0 Å². The lowest BCUT2D eigenvalue weighted by molar-refractivity contribution is -0.131. The summed E-state index contributed by atoms with van der Waals surface area (Å²) in [4.78, 5) is 37.8. The van der Waals surface area contributed by atoms with Crippen LogP contribution in [0.3, 0.4) is 0 Å². The predicted molar refractivity (Wildman–Crippen MR) is 89.3 cm³/mol. The van der Waals surface area contributed by atoms with Gasteiger partial charge < -0.3 is 9.88 Å². The number of H-pyrrole nitrogens is 1. The Kier molecular flexibility index (Phi) is 3.67. The molecule has 3 atom stereocenters. The Balaban J connectivity index is 1.56. The van der Waals surface area contributed by atoms with Crippen molar-refractivity contribution >= 4 is 5.91 Å². The average molecular weight is 324 g/mol. The molecular formula is C18H20N4O2. The second-order valence-electron chi connectivity index (χ2n) is 6.84. The standard InChI is InChI=1S/C18H20N4O2/c1-11-8-14(11)18(24)22-7-4-13(10-22)17-20-15(9-16(23)21-17)12-2-5-19-6-3-12/h2-3,5-6,9,11,13-14H,4,7-8,10H2,1H3,(H,20,21,23). The Bertz CT molecular complexity index is 817. The van der Waals surface area contributed by atoms with Crippen LogP contribution in [-0.4, -0.2) is 38.8 Å². The molecule has 6 heteroatoms. The van der Waals surface area contributed by atoms with E-state index < -0.39 is 0 Å². The van der Waals surface area contributed by atoms with Gasteiger partial charge in [-0.15, -0.1) is 0 Å². The van der Waals surface area contributed by atoms with Crippen LogP contribution in [0.2, 0.25) is 0 Å². The quantitative estimate of drug-likeness (QED) is 0.934. The maximum atomic E-state index is 12.4. The minimum atomic E-state index is -0.160. The number of carbonyl (C=O) groups is 1. The fourth-order valence-electron chi connectivity index (χ4n) is 3.42. The van der Waals surface area contributed by atoms with Gasteiger partial charge in [0.1, 0.15) is 5.82 Å². The lowest BCUT2D eigenvalue weighted by atomic mass is 10.1. The maximum Gasteiger partial charge on any atom is 0.251 e. The Hall–Kier alpha value is -2.50. The lowest BCUT2D eigenvalue weighted by Crippen LogP contribution is -2.30. The number of carbonyl (C=O) groups excluding carboxylic acids is 1. The summed E-state index contributed by atoms with van der Waals surface area (Å²) < 4.78 is 0. The van der Waals surface area contributed by atoms with Crippen LogP contribution in [0, 0.1) is 11.8 Å². The van der Waals surface area contributed by atoms with E-state index >= 15 is 0 Å². The van der Waals surface area contributed by atoms with Gasteiger partial charge in [-0.3, -0.25) is 14.6 Å². The Labute approximate surface area is 140 Å². The van der Waals surface area contributed by atoms with E-state index in [1.807, 2.05) is 17.0 Å². The Morgan fingerprint density at radius 2 is 2.08 bits per heavy atom. The summed E-state index contributed by atoms with van der Waals surface area (Å²) in [6.45, 7) is 3.51. The van der Waals surface area contributed by atoms with Crippen molar-refractivity contribution in [1.29, 1.82) is 0 Å². The van der Waals surface area contributed by atoms with E-state index in [2.05, 4.69) is 21.9 Å². The molecule has 2 fully saturated rings. The lowest BCUT2D eigenvalue weighted by Gasteiger charge is -2.16. The molecule has 2 aromatic heterocycles. The molecule has 1 N–H and O–H groups in total. The normalized spacial score (nSPS) is 25.7. The number of rotatable bonds is 3. The molecule has 0 aromatic carbocycles. The number of aromatic amines is 1. The third-order valence-corrected chi connectivity index (χ3v) is 5.05. The number of aromatic nitrogens is 3. The van der Waals surface area contributed by atoms with Crippen molar-refractivity contribution in [2.24, 2.45) is 11.8 Å². The van der Waals surface area contributed by atoms with Gasteiger partial charge >= 0.3 is 0 Å². The van der Waals surface area contributed by atoms with Crippen LogP contribution in [0.25, 0.3) is 11.3 Å². The van der Waals surface area contributed by atoms with E-state index in [1.54, 1.807) is 12.4 Å². The van der Waals surface area contributed by atoms with Crippen LogP contribution in [0.1, 0.15) is 31.5 Å². The minimum Gasteiger partial charge on any atom is -0.342 e. The number of pyridine rings is 1. The van der Waals surface area contributed by atoms with Crippen molar-refractivity contribution in [1.82, 2.24) is 19.9 Å². The number of amides is 1. The summed E-state index contributed by atoms with van der Waals surface area (Å²) >= 11 is 0. The Morgan fingerprint density at radius 1 is 1.33 bits per heavy atom. The van der Waals surface area contributed by atoms with Gasteiger partial charge in [-0.1, -0.05) is 6.92 Å². The summed E-state index contributed by atoms with van der Waals surface area (Å²) in [5.41, 5.74) is 1.36. The first-order valence-electron chi connectivity index (χ1n) is 8.42. The van der Waals surface area contributed by atoms with Gasteiger partial charge in [-0.25, -0.2) is 4.98 Å². The predicted octanol–water partition coefficient (Wildman–Crippen LogP) is 1.80. The van der Waals surface area contributed by atoms with Crippen molar-refractivity contribution in [2.75, 3.05) is 13.1 Å². The van der Waals surface area contributed by atoms with E-state index in [4.69, 9.17) is 0 Å². The fraction of sp³-hybridized carbons (Fsp3) is 0.444. The van der Waals surface area contributed by atoms with E-state index in [0.29, 0.717) is 24.0 Å². The highest BCUT2D eigenvalue weighted by atomic mass is 16.2. The van der Waals surface area contributed by atoms with E-state index in [-0.39, 0.29) is 23.3 Å². The number of hydrogen-bond acceptors (Lipinski definition) is 4. The van der Waals surface area contributed by atoms with Crippen molar-refractivity contribution in [3.8, 4) is 11.3 Å². The molecule has 0 radical (unpaired) electrons. The van der Waals surface area contributed by atoms with Gasteiger partial charge in [-0.2, -0.15) is 0 Å². The maximum absolute atomic E-state index is 12.4. The van der Waals surface area contributed by atoms with Crippen LogP contribution in [0.5, 0.6) is 0 Å². The molecule has 2 aromatic rings. The van der Waals surface area contributed by atoms with Crippen LogP contribution >= 0.6 is 0 Å². The van der Waals surface area contributed by atoms with Gasteiger partial charge in [0.25, 0.3) is 5.56 Å². The number of nitrogens with one attached hydrogen (secondary N) is 1. The summed E-state index contributed by atoms with van der Waals surface area (Å²) in [5.74, 6) is 1.76. The Morgan fingerprint density at radius 3 is 2.79 bits per heavy atom. The molecule has 24 heavy (non-hydrogen) atoms. The van der Waals surface area contributed by atoms with Gasteiger partial charge in [0, 0.05) is 48.9 Å². The zero-order valence-electron chi connectivity index (χ0n) is 13.6. The van der Waals surface area contributed by atoms with Gasteiger partial charge in [0.05, 0.1) is 5.69 Å². The van der Waals surface area contributed by atoms with Crippen LogP contribution in [0.4, 0.5) is 0 Å². The summed E-state index contributed by atoms with van der Waals surface area (Å²) in [7, 11) is 0. The van der Waals surface area contributed by atoms with Crippen molar-refractivity contribution in [3.05, 3.63) is 46.8 Å². The number of nitrogens with zero attached hydrogens (tertiary/aromatic N) is 3. The molecule has 2 aliphatic rings. The highest BCUT2D eigenvalue weighted by Gasteiger charge is 2.43. The van der Waals surface area contributed by atoms with Crippen LogP contribution in [0.15, 0.2) is 35.4 Å².